The molecular formula is C22H21F3N6O2. The lowest BCUT2D eigenvalue weighted by molar-refractivity contribution is -0.142. The van der Waals surface area contributed by atoms with E-state index in [1.54, 1.807) is 25.6 Å². The number of hydrogen-bond acceptors (Lipinski definition) is 5. The second-order valence-electron chi connectivity index (χ2n) is 7.59. The number of methoxy groups -OCH3 is 1. The maximum Gasteiger partial charge on any atom is 0.433 e. The molecule has 0 atom stereocenters. The van der Waals surface area contributed by atoms with E-state index < -0.39 is 17.8 Å². The molecule has 4 aromatic rings. The molecule has 4 rings (SSSR count). The second-order valence-corrected chi connectivity index (χ2v) is 7.59. The molecule has 1 amide bonds. The summed E-state index contributed by atoms with van der Waals surface area (Å²) in [6.07, 6.45) is -4.64. The maximum atomic E-state index is 13.4. The number of rotatable bonds is 5. The number of anilines is 1. The number of halogens is 3. The molecular weight excluding hydrogens is 437 g/mol. The van der Waals surface area contributed by atoms with Gasteiger partial charge in [-0.05, 0) is 44.5 Å². The van der Waals surface area contributed by atoms with Crippen LogP contribution in [0.3, 0.4) is 0 Å². The lowest BCUT2D eigenvalue weighted by atomic mass is 10.2. The molecule has 8 nitrogen and oxygen atoms in total. The normalized spacial score (nSPS) is 11.7. The predicted molar refractivity (Wildman–Crippen MR) is 114 cm³/mol. The van der Waals surface area contributed by atoms with Crippen LogP contribution in [0.15, 0.2) is 36.4 Å². The van der Waals surface area contributed by atoms with E-state index in [9.17, 15) is 18.0 Å². The van der Waals surface area contributed by atoms with Crippen LogP contribution in [-0.2, 0) is 12.7 Å². The van der Waals surface area contributed by atoms with E-state index in [-0.39, 0.29) is 17.0 Å². The molecule has 1 N–H and O–H groups in total. The fourth-order valence-electron chi connectivity index (χ4n) is 3.57. The van der Waals surface area contributed by atoms with Crippen molar-refractivity contribution in [3.05, 3.63) is 70.4 Å². The Bertz CT molecular complexity index is 1360. The quantitative estimate of drug-likeness (QED) is 0.485. The summed E-state index contributed by atoms with van der Waals surface area (Å²) in [4.78, 5) is 16.9. The van der Waals surface area contributed by atoms with Gasteiger partial charge in [0, 0.05) is 11.8 Å². The average molecular weight is 458 g/mol. The highest BCUT2D eigenvalue weighted by atomic mass is 19.4. The van der Waals surface area contributed by atoms with E-state index in [1.165, 1.54) is 13.0 Å². The van der Waals surface area contributed by atoms with Crippen molar-refractivity contribution in [1.29, 1.82) is 0 Å². The van der Waals surface area contributed by atoms with Crippen LogP contribution in [0.4, 0.5) is 18.9 Å². The molecule has 0 spiro atoms. The van der Waals surface area contributed by atoms with Gasteiger partial charge in [-0.2, -0.15) is 23.4 Å². The van der Waals surface area contributed by atoms with Crippen molar-refractivity contribution in [2.45, 2.75) is 33.5 Å². The number of hydrogen-bond donors (Lipinski definition) is 1. The molecule has 172 valence electrons. The third kappa shape index (κ3) is 4.38. The number of alkyl halides is 3. The van der Waals surface area contributed by atoms with E-state index in [4.69, 9.17) is 4.74 Å². The molecule has 1 aromatic carbocycles. The molecule has 33 heavy (non-hydrogen) atoms. The number of aryl methyl sites for hydroxylation is 2. The Morgan fingerprint density at radius 2 is 1.88 bits per heavy atom. The molecule has 0 unspecified atom stereocenters. The van der Waals surface area contributed by atoms with E-state index in [1.807, 2.05) is 24.3 Å². The van der Waals surface area contributed by atoms with Gasteiger partial charge in [0.1, 0.15) is 11.4 Å². The predicted octanol–water partition coefficient (Wildman–Crippen LogP) is 4.18. The smallest absolute Gasteiger partial charge is 0.433 e. The average Bonchev–Trinajstić information content (AvgIpc) is 3.29. The first-order valence-corrected chi connectivity index (χ1v) is 9.99. The summed E-state index contributed by atoms with van der Waals surface area (Å²) in [5.74, 6) is 0.0647. The topological polar surface area (TPSA) is 86.3 Å². The number of amides is 1. The van der Waals surface area contributed by atoms with E-state index in [2.05, 4.69) is 20.5 Å². The van der Waals surface area contributed by atoms with Gasteiger partial charge in [0.25, 0.3) is 5.91 Å². The van der Waals surface area contributed by atoms with Gasteiger partial charge in [0.2, 0.25) is 0 Å². The summed E-state index contributed by atoms with van der Waals surface area (Å²) in [6.45, 7) is 5.44. The fourth-order valence-corrected chi connectivity index (χ4v) is 3.57. The SMILES string of the molecule is COc1cccc(Cn2nc(C)c(NC(=O)c3cc4nc(C)cc(C(F)(F)F)n4n3)c2C)c1. The van der Waals surface area contributed by atoms with Crippen molar-refractivity contribution in [3.63, 3.8) is 0 Å². The molecule has 0 bridgehead atoms. The van der Waals surface area contributed by atoms with Gasteiger partial charge in [0.05, 0.1) is 30.7 Å². The summed E-state index contributed by atoms with van der Waals surface area (Å²) in [7, 11) is 1.59. The molecule has 3 aromatic heterocycles. The van der Waals surface area contributed by atoms with Crippen LogP contribution in [0.2, 0.25) is 0 Å². The van der Waals surface area contributed by atoms with Crippen molar-refractivity contribution >= 4 is 17.2 Å². The zero-order valence-corrected chi connectivity index (χ0v) is 18.4. The number of carbonyl (C=O) groups is 1. The summed E-state index contributed by atoms with van der Waals surface area (Å²) in [5.41, 5.74) is 1.62. The van der Waals surface area contributed by atoms with E-state index in [0.29, 0.717) is 28.1 Å². The molecule has 0 aliphatic carbocycles. The zero-order valence-electron chi connectivity index (χ0n) is 18.4. The Balaban J connectivity index is 1.62. The number of ether oxygens (including phenoxy) is 1. The Morgan fingerprint density at radius 1 is 1.12 bits per heavy atom. The van der Waals surface area contributed by atoms with Gasteiger partial charge in [0.15, 0.2) is 11.3 Å². The van der Waals surface area contributed by atoms with Crippen molar-refractivity contribution in [1.82, 2.24) is 24.4 Å². The minimum atomic E-state index is -4.64. The molecule has 0 saturated carbocycles. The molecule has 11 heteroatoms. The summed E-state index contributed by atoms with van der Waals surface area (Å²) >= 11 is 0. The van der Waals surface area contributed by atoms with Crippen LogP contribution in [0.5, 0.6) is 5.75 Å². The van der Waals surface area contributed by atoms with Gasteiger partial charge < -0.3 is 10.1 Å². The van der Waals surface area contributed by atoms with Crippen LogP contribution in [-0.4, -0.2) is 37.4 Å². The Kier molecular flexibility index (Phi) is 5.56. The lowest BCUT2D eigenvalue weighted by Gasteiger charge is -2.09. The Labute approximate surface area is 187 Å². The van der Waals surface area contributed by atoms with Crippen molar-refractivity contribution in [2.75, 3.05) is 12.4 Å². The number of nitrogens with one attached hydrogen (secondary N) is 1. The van der Waals surface area contributed by atoms with Crippen molar-refractivity contribution in [3.8, 4) is 5.75 Å². The number of carbonyl (C=O) groups excluding carboxylic acids is 1. The van der Waals surface area contributed by atoms with Crippen LogP contribution < -0.4 is 10.1 Å². The molecule has 0 aliphatic heterocycles. The first-order chi connectivity index (χ1) is 15.6. The summed E-state index contributed by atoms with van der Waals surface area (Å²) in [6, 6.07) is 9.64. The minimum Gasteiger partial charge on any atom is -0.497 e. The van der Waals surface area contributed by atoms with Crippen molar-refractivity contribution < 1.29 is 22.7 Å². The minimum absolute atomic E-state index is 0.0605. The third-order valence-electron chi connectivity index (χ3n) is 5.16. The lowest BCUT2D eigenvalue weighted by Crippen LogP contribution is -2.16. The molecule has 0 radical (unpaired) electrons. The first kappa shape index (κ1) is 22.3. The van der Waals surface area contributed by atoms with E-state index in [0.717, 1.165) is 17.4 Å². The van der Waals surface area contributed by atoms with Gasteiger partial charge in [-0.3, -0.25) is 9.48 Å². The highest BCUT2D eigenvalue weighted by Gasteiger charge is 2.35. The zero-order chi connectivity index (χ0) is 23.9. The monoisotopic (exact) mass is 458 g/mol. The third-order valence-corrected chi connectivity index (χ3v) is 5.16. The standard InChI is InChI=1S/C22H21F3N6O2/c1-12-8-18(22(23,24)25)31-19(26-12)10-17(29-31)21(32)27-20-13(2)28-30(14(20)3)11-15-6-5-7-16(9-15)33-4/h5-10H,11H2,1-4H3,(H,27,32). The first-order valence-electron chi connectivity index (χ1n) is 9.99. The molecule has 3 heterocycles. The van der Waals surface area contributed by atoms with Gasteiger partial charge >= 0.3 is 6.18 Å². The second kappa shape index (κ2) is 8.23. The number of nitrogens with zero attached hydrogens (tertiary/aromatic N) is 5. The maximum absolute atomic E-state index is 13.4. The van der Waals surface area contributed by atoms with E-state index >= 15 is 0 Å². The van der Waals surface area contributed by atoms with Crippen LogP contribution in [0, 0.1) is 20.8 Å². The molecule has 0 fully saturated rings. The van der Waals surface area contributed by atoms with Crippen LogP contribution in [0.1, 0.15) is 38.8 Å². The molecule has 0 aliphatic rings. The van der Waals surface area contributed by atoms with Crippen molar-refractivity contribution in [2.24, 2.45) is 0 Å². The number of benzene rings is 1. The number of fused-ring (bicyclic) bond motifs is 1. The Hall–Kier alpha value is -3.89. The highest BCUT2D eigenvalue weighted by Crippen LogP contribution is 2.30. The fraction of sp³-hybridized carbons (Fsp3) is 0.273. The van der Waals surface area contributed by atoms with Crippen LogP contribution in [0.25, 0.3) is 5.65 Å². The largest absolute Gasteiger partial charge is 0.497 e. The number of aromatic nitrogens is 5. The van der Waals surface area contributed by atoms with Gasteiger partial charge in [-0.25, -0.2) is 9.50 Å². The summed E-state index contributed by atoms with van der Waals surface area (Å²) in [5, 5.41) is 11.1. The van der Waals surface area contributed by atoms with Gasteiger partial charge in [-0.15, -0.1) is 0 Å². The Morgan fingerprint density at radius 3 is 2.58 bits per heavy atom. The van der Waals surface area contributed by atoms with Crippen LogP contribution >= 0.6 is 0 Å². The highest BCUT2D eigenvalue weighted by molar-refractivity contribution is 6.04. The molecule has 0 saturated heterocycles. The summed E-state index contributed by atoms with van der Waals surface area (Å²) < 4.78 is 47.8. The van der Waals surface area contributed by atoms with Gasteiger partial charge in [-0.1, -0.05) is 12.1 Å².